The van der Waals surface area contributed by atoms with E-state index in [4.69, 9.17) is 11.6 Å². The lowest BCUT2D eigenvalue weighted by Crippen LogP contribution is -2.25. The lowest BCUT2D eigenvalue weighted by molar-refractivity contribution is 0.243. The van der Waals surface area contributed by atoms with Gasteiger partial charge in [0, 0.05) is 35.9 Å². The van der Waals surface area contributed by atoms with Crippen molar-refractivity contribution < 1.29 is 0 Å². The highest BCUT2D eigenvalue weighted by molar-refractivity contribution is 6.30. The molecule has 0 amide bonds. The number of benzene rings is 1. The first-order valence-electron chi connectivity index (χ1n) is 8.22. The highest BCUT2D eigenvalue weighted by atomic mass is 35.5. The Morgan fingerprint density at radius 2 is 1.92 bits per heavy atom. The van der Waals surface area contributed by atoms with Crippen molar-refractivity contribution in [3.63, 3.8) is 0 Å². The van der Waals surface area contributed by atoms with Crippen molar-refractivity contribution in [1.82, 2.24) is 20.1 Å². The van der Waals surface area contributed by atoms with Crippen molar-refractivity contribution >= 4 is 11.6 Å². The first-order valence-corrected chi connectivity index (χ1v) is 8.59. The molecule has 0 radical (unpaired) electrons. The topological polar surface area (TPSA) is 44.8 Å². The molecule has 0 aliphatic heterocycles. The molecule has 0 saturated heterocycles. The van der Waals surface area contributed by atoms with Gasteiger partial charge in [0.25, 0.3) is 0 Å². The van der Waals surface area contributed by atoms with Crippen molar-refractivity contribution in [2.24, 2.45) is 0 Å². The molecule has 5 heteroatoms. The normalized spacial score (nSPS) is 14.2. The van der Waals surface area contributed by atoms with Crippen LogP contribution in [0.15, 0.2) is 54.9 Å². The molecule has 0 spiro atoms. The second-order valence-corrected chi connectivity index (χ2v) is 6.67. The van der Waals surface area contributed by atoms with Gasteiger partial charge in [-0.15, -0.1) is 0 Å². The highest BCUT2D eigenvalue weighted by Gasteiger charge is 2.30. The van der Waals surface area contributed by atoms with E-state index in [1.807, 2.05) is 48.8 Å². The summed E-state index contributed by atoms with van der Waals surface area (Å²) in [4.78, 5) is 6.96. The van der Waals surface area contributed by atoms with Gasteiger partial charge < -0.3 is 0 Å². The third-order valence-corrected chi connectivity index (χ3v) is 4.63. The fourth-order valence-corrected chi connectivity index (χ4v) is 3.10. The van der Waals surface area contributed by atoms with E-state index in [1.54, 1.807) is 0 Å². The Hall–Kier alpha value is -2.17. The van der Waals surface area contributed by atoms with Gasteiger partial charge >= 0.3 is 0 Å². The van der Waals surface area contributed by atoms with Gasteiger partial charge in [-0.05, 0) is 42.7 Å². The number of aromatic amines is 1. The number of hydrogen-bond acceptors (Lipinski definition) is 3. The molecule has 2 aromatic heterocycles. The van der Waals surface area contributed by atoms with Crippen molar-refractivity contribution in [2.75, 3.05) is 0 Å². The fourth-order valence-electron chi connectivity index (χ4n) is 2.97. The van der Waals surface area contributed by atoms with E-state index in [2.05, 4.69) is 26.1 Å². The summed E-state index contributed by atoms with van der Waals surface area (Å²) in [6, 6.07) is 14.6. The number of nitrogens with one attached hydrogen (secondary N) is 1. The molecular formula is C19H19ClN4. The summed E-state index contributed by atoms with van der Waals surface area (Å²) in [5, 5.41) is 8.14. The Morgan fingerprint density at radius 3 is 2.62 bits per heavy atom. The van der Waals surface area contributed by atoms with Gasteiger partial charge in [-0.2, -0.15) is 5.10 Å². The molecule has 122 valence electrons. The molecule has 4 nitrogen and oxygen atoms in total. The van der Waals surface area contributed by atoms with Crippen LogP contribution in [0.1, 0.15) is 24.1 Å². The molecule has 1 fully saturated rings. The number of aromatic nitrogens is 3. The molecule has 1 aliphatic rings. The first-order chi connectivity index (χ1) is 11.8. The number of H-pyrrole nitrogens is 1. The average molecular weight is 339 g/mol. The Labute approximate surface area is 146 Å². The zero-order valence-corrected chi connectivity index (χ0v) is 14.1. The molecule has 0 unspecified atom stereocenters. The van der Waals surface area contributed by atoms with Crippen LogP contribution in [0, 0.1) is 0 Å². The van der Waals surface area contributed by atoms with E-state index >= 15 is 0 Å². The van der Waals surface area contributed by atoms with Crippen LogP contribution in [-0.4, -0.2) is 26.1 Å². The number of halogens is 1. The minimum absolute atomic E-state index is 0.653. The molecule has 1 aromatic carbocycles. The smallest absolute Gasteiger partial charge is 0.0695 e. The molecule has 0 bridgehead atoms. The molecule has 3 aromatic rings. The summed E-state index contributed by atoms with van der Waals surface area (Å²) in [7, 11) is 0. The van der Waals surface area contributed by atoms with Crippen LogP contribution in [0.3, 0.4) is 0 Å². The summed E-state index contributed by atoms with van der Waals surface area (Å²) in [5.41, 5.74) is 4.50. The monoisotopic (exact) mass is 338 g/mol. The summed E-state index contributed by atoms with van der Waals surface area (Å²) in [5.74, 6) is 0. The maximum absolute atomic E-state index is 6.00. The third kappa shape index (κ3) is 3.50. The largest absolute Gasteiger partial charge is 0.290 e. The fraction of sp³-hybridized carbons (Fsp3) is 0.263. The molecule has 0 atom stereocenters. The summed E-state index contributed by atoms with van der Waals surface area (Å²) >= 11 is 6.00. The summed E-state index contributed by atoms with van der Waals surface area (Å²) in [6.07, 6.45) is 6.32. The van der Waals surface area contributed by atoms with E-state index < -0.39 is 0 Å². The number of pyridine rings is 1. The van der Waals surface area contributed by atoms with Gasteiger partial charge in [-0.25, -0.2) is 0 Å². The van der Waals surface area contributed by atoms with Gasteiger partial charge in [0.05, 0.1) is 17.6 Å². The summed E-state index contributed by atoms with van der Waals surface area (Å²) < 4.78 is 0. The quantitative estimate of drug-likeness (QED) is 0.729. The molecule has 1 saturated carbocycles. The van der Waals surface area contributed by atoms with Crippen LogP contribution >= 0.6 is 11.6 Å². The number of rotatable bonds is 6. The Kier molecular flexibility index (Phi) is 4.32. The lowest BCUT2D eigenvalue weighted by Gasteiger charge is -2.21. The molecule has 4 rings (SSSR count). The van der Waals surface area contributed by atoms with Crippen LogP contribution < -0.4 is 0 Å². The SMILES string of the molecule is Clc1ccc(-c2[nH]ncc2CN(Cc2ccccn2)C2CC2)cc1. The predicted octanol–water partition coefficient (Wildman–Crippen LogP) is 4.29. The molecule has 2 heterocycles. The zero-order chi connectivity index (χ0) is 16.4. The van der Waals surface area contributed by atoms with E-state index in [9.17, 15) is 0 Å². The molecule has 1 N–H and O–H groups in total. The zero-order valence-electron chi connectivity index (χ0n) is 13.3. The standard InChI is InChI=1S/C19H19ClN4/c20-16-6-4-14(5-7-16)19-15(11-22-23-19)12-24(18-8-9-18)13-17-3-1-2-10-21-17/h1-7,10-11,18H,8-9,12-13H2,(H,22,23). The number of nitrogens with zero attached hydrogens (tertiary/aromatic N) is 3. The van der Waals surface area contributed by atoms with Gasteiger partial charge in [0.2, 0.25) is 0 Å². The van der Waals surface area contributed by atoms with E-state index in [0.29, 0.717) is 6.04 Å². The van der Waals surface area contributed by atoms with Crippen molar-refractivity contribution in [2.45, 2.75) is 32.0 Å². The van der Waals surface area contributed by atoms with Gasteiger partial charge in [0.15, 0.2) is 0 Å². The Bertz CT molecular complexity index is 794. The maximum Gasteiger partial charge on any atom is 0.0695 e. The maximum atomic E-state index is 6.00. The van der Waals surface area contributed by atoms with E-state index in [1.165, 1.54) is 18.4 Å². The average Bonchev–Trinajstić information content (AvgIpc) is 3.36. The summed E-state index contributed by atoms with van der Waals surface area (Å²) in [6.45, 7) is 1.74. The highest BCUT2D eigenvalue weighted by Crippen LogP contribution is 2.31. The molecule has 24 heavy (non-hydrogen) atoms. The van der Waals surface area contributed by atoms with Crippen LogP contribution in [0.4, 0.5) is 0 Å². The minimum Gasteiger partial charge on any atom is -0.290 e. The van der Waals surface area contributed by atoms with E-state index in [0.717, 1.165) is 35.1 Å². The second-order valence-electron chi connectivity index (χ2n) is 6.23. The number of hydrogen-bond donors (Lipinski definition) is 1. The predicted molar refractivity (Wildman–Crippen MR) is 95.5 cm³/mol. The van der Waals surface area contributed by atoms with E-state index in [-0.39, 0.29) is 0 Å². The molecular weight excluding hydrogens is 320 g/mol. The van der Waals surface area contributed by atoms with Crippen LogP contribution in [0.25, 0.3) is 11.3 Å². The minimum atomic E-state index is 0.653. The second kappa shape index (κ2) is 6.75. The van der Waals surface area contributed by atoms with Crippen LogP contribution in [0.2, 0.25) is 5.02 Å². The third-order valence-electron chi connectivity index (χ3n) is 4.38. The first kappa shape index (κ1) is 15.4. The van der Waals surface area contributed by atoms with Gasteiger partial charge in [-0.1, -0.05) is 29.8 Å². The Balaban J connectivity index is 1.55. The molecule has 1 aliphatic carbocycles. The Morgan fingerprint density at radius 1 is 1.08 bits per heavy atom. The van der Waals surface area contributed by atoms with Crippen molar-refractivity contribution in [3.8, 4) is 11.3 Å². The van der Waals surface area contributed by atoms with Crippen molar-refractivity contribution in [3.05, 3.63) is 71.1 Å². The van der Waals surface area contributed by atoms with Crippen LogP contribution in [0.5, 0.6) is 0 Å². The van der Waals surface area contributed by atoms with Crippen LogP contribution in [-0.2, 0) is 13.1 Å². The van der Waals surface area contributed by atoms with Gasteiger partial charge in [-0.3, -0.25) is 15.0 Å². The lowest BCUT2D eigenvalue weighted by atomic mass is 10.1. The van der Waals surface area contributed by atoms with Crippen molar-refractivity contribution in [1.29, 1.82) is 0 Å². The van der Waals surface area contributed by atoms with Gasteiger partial charge in [0.1, 0.15) is 0 Å².